The van der Waals surface area contributed by atoms with Crippen molar-refractivity contribution in [1.82, 2.24) is 0 Å². The van der Waals surface area contributed by atoms with Crippen molar-refractivity contribution in [2.75, 3.05) is 13.7 Å². The first-order valence-corrected chi connectivity index (χ1v) is 6.28. The average molecular weight is 297 g/mol. The number of ether oxygens (including phenoxy) is 1. The summed E-state index contributed by atoms with van der Waals surface area (Å²) in [6.45, 7) is 0.175. The molecule has 0 aliphatic heterocycles. The van der Waals surface area contributed by atoms with Crippen LogP contribution in [-0.2, 0) is 4.79 Å². The first kappa shape index (κ1) is 17.0. The smallest absolute Gasteiger partial charge is 0.328 e. The summed E-state index contributed by atoms with van der Waals surface area (Å²) in [5.41, 5.74) is 5.76. The molecule has 1 aromatic rings. The van der Waals surface area contributed by atoms with Crippen LogP contribution in [-0.4, -0.2) is 46.2 Å². The van der Waals surface area contributed by atoms with E-state index in [2.05, 4.69) is 0 Å². The zero-order chi connectivity index (χ0) is 16.0. The summed E-state index contributed by atoms with van der Waals surface area (Å²) >= 11 is 0. The Hall–Kier alpha value is -2.09. The minimum Gasteiger partial charge on any atom is -0.504 e. The van der Waals surface area contributed by atoms with E-state index in [4.69, 9.17) is 15.6 Å². The number of phenols is 1. The van der Waals surface area contributed by atoms with Crippen LogP contribution in [0.15, 0.2) is 18.2 Å². The van der Waals surface area contributed by atoms with Crippen molar-refractivity contribution in [3.05, 3.63) is 29.3 Å². The van der Waals surface area contributed by atoms with Crippen molar-refractivity contribution < 1.29 is 30.0 Å². The molecule has 0 aliphatic carbocycles. The van der Waals surface area contributed by atoms with Crippen LogP contribution < -0.4 is 10.5 Å². The number of aliphatic carboxylic acids is 1. The van der Waals surface area contributed by atoms with Gasteiger partial charge < -0.3 is 30.9 Å². The summed E-state index contributed by atoms with van der Waals surface area (Å²) in [4.78, 5) is 10.5. The molecule has 0 amide bonds. The molecule has 7 nitrogen and oxygen atoms in total. The number of carboxylic acids is 1. The summed E-state index contributed by atoms with van der Waals surface area (Å²) in [6, 6.07) is 2.79. The maximum absolute atomic E-state index is 10.5. The molecule has 2 unspecified atom stereocenters. The number of hydrogen-bond acceptors (Lipinski definition) is 6. The highest BCUT2D eigenvalue weighted by Crippen LogP contribution is 2.37. The Kier molecular flexibility index (Phi) is 6.16. The van der Waals surface area contributed by atoms with Gasteiger partial charge in [0.1, 0.15) is 6.10 Å². The summed E-state index contributed by atoms with van der Waals surface area (Å²) < 4.78 is 4.97. The Labute approximate surface area is 121 Å². The number of hydrogen-bond donors (Lipinski definition) is 5. The van der Waals surface area contributed by atoms with E-state index < -0.39 is 18.2 Å². The predicted octanol–water partition coefficient (Wildman–Crippen LogP) is 0.242. The molecule has 1 aromatic carbocycles. The molecule has 21 heavy (non-hydrogen) atoms. The van der Waals surface area contributed by atoms with Gasteiger partial charge in [0.2, 0.25) is 0 Å². The van der Waals surface area contributed by atoms with Crippen LogP contribution in [0.25, 0.3) is 6.08 Å². The number of aromatic hydroxyl groups is 1. The zero-order valence-corrected chi connectivity index (χ0v) is 11.6. The molecule has 0 saturated heterocycles. The molecule has 7 heteroatoms. The molecule has 0 saturated carbocycles. The Balaban J connectivity index is 3.23. The second-order valence-corrected chi connectivity index (χ2v) is 4.42. The lowest BCUT2D eigenvalue weighted by Crippen LogP contribution is -2.22. The number of nitrogens with two attached hydrogens (primary N) is 1. The summed E-state index contributed by atoms with van der Waals surface area (Å²) in [5, 5.41) is 38.5. The van der Waals surface area contributed by atoms with Gasteiger partial charge in [-0.3, -0.25) is 0 Å². The molecule has 0 heterocycles. The number of aliphatic hydroxyl groups excluding tert-OH is 2. The number of phenolic OH excluding ortho intramolecular Hbond substituents is 1. The van der Waals surface area contributed by atoms with E-state index in [1.165, 1.54) is 25.3 Å². The van der Waals surface area contributed by atoms with Gasteiger partial charge in [-0.05, 0) is 36.7 Å². The maximum Gasteiger partial charge on any atom is 0.328 e. The van der Waals surface area contributed by atoms with Gasteiger partial charge in [-0.1, -0.05) is 0 Å². The molecule has 0 spiro atoms. The fourth-order valence-corrected chi connectivity index (χ4v) is 1.83. The Morgan fingerprint density at radius 2 is 2.10 bits per heavy atom. The molecule has 0 bridgehead atoms. The molecule has 2 atom stereocenters. The highest BCUT2D eigenvalue weighted by Gasteiger charge is 2.23. The van der Waals surface area contributed by atoms with Crippen molar-refractivity contribution in [2.24, 2.45) is 5.73 Å². The number of rotatable bonds is 7. The van der Waals surface area contributed by atoms with Crippen LogP contribution in [0, 0.1) is 0 Å². The first-order chi connectivity index (χ1) is 9.90. The van der Waals surface area contributed by atoms with Gasteiger partial charge in [-0.25, -0.2) is 4.79 Å². The number of benzene rings is 1. The standard InChI is InChI=1S/C14H19NO6/c1-21-11-7-8(2-3-12(17)18)6-9(14(11)20)13(19)10(16)4-5-15/h2-3,6-7,10,13,16,19-20H,4-5,15H2,1H3,(H,17,18). The van der Waals surface area contributed by atoms with E-state index in [9.17, 15) is 20.1 Å². The van der Waals surface area contributed by atoms with Gasteiger partial charge in [0.05, 0.1) is 13.2 Å². The third kappa shape index (κ3) is 4.45. The van der Waals surface area contributed by atoms with Crippen LogP contribution in [0.4, 0.5) is 0 Å². The number of aliphatic hydroxyl groups is 2. The van der Waals surface area contributed by atoms with Crippen molar-refractivity contribution >= 4 is 12.0 Å². The van der Waals surface area contributed by atoms with Crippen molar-refractivity contribution in [1.29, 1.82) is 0 Å². The van der Waals surface area contributed by atoms with E-state index in [0.29, 0.717) is 5.56 Å². The van der Waals surface area contributed by atoms with E-state index in [0.717, 1.165) is 6.08 Å². The molecule has 0 aliphatic rings. The monoisotopic (exact) mass is 297 g/mol. The van der Waals surface area contributed by atoms with Crippen LogP contribution in [0.1, 0.15) is 23.7 Å². The molecular formula is C14H19NO6. The fraction of sp³-hybridized carbons (Fsp3) is 0.357. The highest BCUT2D eigenvalue weighted by molar-refractivity contribution is 5.85. The van der Waals surface area contributed by atoms with Gasteiger partial charge in [0.25, 0.3) is 0 Å². The van der Waals surface area contributed by atoms with E-state index in [-0.39, 0.29) is 30.0 Å². The molecule has 6 N–H and O–H groups in total. The second-order valence-electron chi connectivity index (χ2n) is 4.42. The molecule has 0 aromatic heterocycles. The van der Waals surface area contributed by atoms with Crippen molar-refractivity contribution in [2.45, 2.75) is 18.6 Å². The van der Waals surface area contributed by atoms with Gasteiger partial charge >= 0.3 is 5.97 Å². The minimum absolute atomic E-state index is 0.0420. The van der Waals surface area contributed by atoms with Crippen molar-refractivity contribution in [3.63, 3.8) is 0 Å². The largest absolute Gasteiger partial charge is 0.504 e. The van der Waals surface area contributed by atoms with Crippen LogP contribution in [0.3, 0.4) is 0 Å². The minimum atomic E-state index is -1.36. The van der Waals surface area contributed by atoms with Gasteiger partial charge in [0.15, 0.2) is 11.5 Å². The lowest BCUT2D eigenvalue weighted by atomic mass is 9.98. The fourth-order valence-electron chi connectivity index (χ4n) is 1.83. The molecule has 0 fully saturated rings. The topological polar surface area (TPSA) is 133 Å². The highest BCUT2D eigenvalue weighted by atomic mass is 16.5. The third-order valence-electron chi connectivity index (χ3n) is 2.91. The van der Waals surface area contributed by atoms with E-state index >= 15 is 0 Å². The predicted molar refractivity (Wildman–Crippen MR) is 76.0 cm³/mol. The van der Waals surface area contributed by atoms with Crippen LogP contribution >= 0.6 is 0 Å². The van der Waals surface area contributed by atoms with Gasteiger partial charge in [0, 0.05) is 11.6 Å². The summed E-state index contributed by atoms with van der Waals surface area (Å²) in [6.07, 6.45) is -0.156. The number of carboxylic acid groups (broad SMARTS) is 1. The molecular weight excluding hydrogens is 278 g/mol. The first-order valence-electron chi connectivity index (χ1n) is 6.28. The second kappa shape index (κ2) is 7.63. The number of methoxy groups -OCH3 is 1. The number of carbonyl (C=O) groups is 1. The third-order valence-corrected chi connectivity index (χ3v) is 2.91. The summed E-state index contributed by atoms with van der Waals surface area (Å²) in [5.74, 6) is -1.38. The lowest BCUT2D eigenvalue weighted by molar-refractivity contribution is -0.131. The zero-order valence-electron chi connectivity index (χ0n) is 11.6. The Bertz CT molecular complexity index is 528. The van der Waals surface area contributed by atoms with Gasteiger partial charge in [-0.2, -0.15) is 0 Å². The Morgan fingerprint density at radius 1 is 1.43 bits per heavy atom. The van der Waals surface area contributed by atoms with Gasteiger partial charge in [-0.15, -0.1) is 0 Å². The lowest BCUT2D eigenvalue weighted by Gasteiger charge is -2.20. The molecule has 116 valence electrons. The van der Waals surface area contributed by atoms with Crippen LogP contribution in [0.5, 0.6) is 11.5 Å². The van der Waals surface area contributed by atoms with E-state index in [1.807, 2.05) is 0 Å². The normalized spacial score (nSPS) is 14.1. The van der Waals surface area contributed by atoms with Crippen LogP contribution in [0.2, 0.25) is 0 Å². The average Bonchev–Trinajstić information content (AvgIpc) is 2.45. The van der Waals surface area contributed by atoms with E-state index in [1.54, 1.807) is 0 Å². The quantitative estimate of drug-likeness (QED) is 0.455. The molecule has 0 radical (unpaired) electrons. The maximum atomic E-state index is 10.5. The summed E-state index contributed by atoms with van der Waals surface area (Å²) in [7, 11) is 1.33. The Morgan fingerprint density at radius 3 is 2.62 bits per heavy atom. The van der Waals surface area contributed by atoms with Crippen molar-refractivity contribution in [3.8, 4) is 11.5 Å². The molecule has 1 rings (SSSR count). The SMILES string of the molecule is COc1cc(C=CC(=O)O)cc(C(O)C(O)CCN)c1O.